The van der Waals surface area contributed by atoms with Crippen molar-refractivity contribution in [2.45, 2.75) is 19.4 Å². The highest BCUT2D eigenvalue weighted by molar-refractivity contribution is 7.84. The first-order chi connectivity index (χ1) is 7.99. The summed E-state index contributed by atoms with van der Waals surface area (Å²) in [5, 5.41) is 3.34. The Morgan fingerprint density at radius 1 is 1.47 bits per heavy atom. The Morgan fingerprint density at radius 2 is 2.06 bits per heavy atom. The number of rotatable bonds is 6. The maximum absolute atomic E-state index is 11.0. The van der Waals surface area contributed by atoms with Crippen LogP contribution < -0.4 is 11.1 Å². The van der Waals surface area contributed by atoms with Gasteiger partial charge >= 0.3 is 0 Å². The Hall–Kier alpha value is -0.940. The topological polar surface area (TPSA) is 55.1 Å². The van der Waals surface area contributed by atoms with Gasteiger partial charge in [0.05, 0.1) is 0 Å². The molecule has 17 heavy (non-hydrogen) atoms. The molecule has 0 aliphatic rings. The molecule has 0 heterocycles. The molecule has 3 N–H and O–H groups in total. The van der Waals surface area contributed by atoms with Gasteiger partial charge in [0.2, 0.25) is 0 Å². The van der Waals surface area contributed by atoms with E-state index in [4.69, 9.17) is 18.0 Å². The molecule has 94 valence electrons. The van der Waals surface area contributed by atoms with Crippen LogP contribution in [0.4, 0.5) is 5.69 Å². The van der Waals surface area contributed by atoms with Crippen molar-refractivity contribution in [3.63, 3.8) is 0 Å². The van der Waals surface area contributed by atoms with Crippen molar-refractivity contribution in [3.8, 4) is 0 Å². The monoisotopic (exact) mass is 270 g/mol. The summed E-state index contributed by atoms with van der Waals surface area (Å²) in [4.78, 5) is 0.408. The second-order valence-electron chi connectivity index (χ2n) is 4.05. The molecule has 2 unspecified atom stereocenters. The van der Waals surface area contributed by atoms with Gasteiger partial charge in [0, 0.05) is 40.1 Å². The quantitative estimate of drug-likeness (QED) is 0.775. The van der Waals surface area contributed by atoms with Crippen molar-refractivity contribution in [2.75, 3.05) is 17.3 Å². The van der Waals surface area contributed by atoms with Gasteiger partial charge in [0.15, 0.2) is 0 Å². The van der Waals surface area contributed by atoms with Crippen LogP contribution in [0.1, 0.15) is 18.9 Å². The first-order valence-electron chi connectivity index (χ1n) is 5.45. The van der Waals surface area contributed by atoms with Gasteiger partial charge in [-0.15, -0.1) is 0 Å². The summed E-state index contributed by atoms with van der Waals surface area (Å²) in [6.45, 7) is 2.08. The molecule has 0 aromatic heterocycles. The van der Waals surface area contributed by atoms with Gasteiger partial charge in [0.1, 0.15) is 4.99 Å². The second kappa shape index (κ2) is 6.71. The fourth-order valence-corrected chi connectivity index (χ4v) is 2.25. The van der Waals surface area contributed by atoms with E-state index in [2.05, 4.69) is 12.2 Å². The summed E-state index contributed by atoms with van der Waals surface area (Å²) in [6, 6.07) is 8.00. The number of hydrogen-bond acceptors (Lipinski definition) is 3. The minimum atomic E-state index is -0.728. The Balaban J connectivity index is 2.51. The van der Waals surface area contributed by atoms with Gasteiger partial charge in [-0.05, 0) is 37.6 Å². The number of anilines is 1. The van der Waals surface area contributed by atoms with E-state index >= 15 is 0 Å². The van der Waals surface area contributed by atoms with Crippen LogP contribution in [-0.2, 0) is 10.8 Å². The lowest BCUT2D eigenvalue weighted by atomic mass is 10.2. The smallest absolute Gasteiger partial charge is 0.103 e. The van der Waals surface area contributed by atoms with Crippen molar-refractivity contribution in [1.82, 2.24) is 0 Å². The maximum Gasteiger partial charge on any atom is 0.103 e. The molecular weight excluding hydrogens is 252 g/mol. The first kappa shape index (κ1) is 14.1. The minimum absolute atomic E-state index is 0.301. The molecule has 2 atom stereocenters. The molecule has 0 bridgehead atoms. The largest absolute Gasteiger partial charge is 0.389 e. The van der Waals surface area contributed by atoms with Crippen LogP contribution in [-0.4, -0.2) is 27.2 Å². The predicted octanol–water partition coefficient (Wildman–Crippen LogP) is 1.89. The van der Waals surface area contributed by atoms with E-state index in [0.29, 0.717) is 11.0 Å². The molecule has 0 aliphatic heterocycles. The molecule has 5 heteroatoms. The second-order valence-corrected chi connectivity index (χ2v) is 6.05. The standard InChI is InChI=1S/C12H18N2OS2/c1-9(7-8-17(2)15)14-11-5-3-10(4-6-11)12(13)16/h3-6,9,14H,7-8H2,1-2H3,(H2,13,16). The molecule has 1 aromatic rings. The van der Waals surface area contributed by atoms with E-state index in [1.807, 2.05) is 24.3 Å². The highest BCUT2D eigenvalue weighted by Gasteiger charge is 2.03. The molecule has 0 saturated carbocycles. The summed E-state index contributed by atoms with van der Waals surface area (Å²) in [5.41, 5.74) is 7.42. The molecule has 1 rings (SSSR count). The Kier molecular flexibility index (Phi) is 5.58. The van der Waals surface area contributed by atoms with Crippen molar-refractivity contribution < 1.29 is 4.21 Å². The molecule has 3 nitrogen and oxygen atoms in total. The van der Waals surface area contributed by atoms with Crippen LogP contribution in [0.2, 0.25) is 0 Å². The predicted molar refractivity (Wildman–Crippen MR) is 79.0 cm³/mol. The van der Waals surface area contributed by atoms with Crippen LogP contribution in [0.15, 0.2) is 24.3 Å². The molecule has 1 aromatic carbocycles. The van der Waals surface area contributed by atoms with E-state index in [1.165, 1.54) is 0 Å². The van der Waals surface area contributed by atoms with Gasteiger partial charge in [-0.3, -0.25) is 4.21 Å². The summed E-state index contributed by atoms with van der Waals surface area (Å²) in [5.74, 6) is 0.721. The molecule has 0 spiro atoms. The van der Waals surface area contributed by atoms with Crippen molar-refractivity contribution in [2.24, 2.45) is 5.73 Å². The van der Waals surface area contributed by atoms with Gasteiger partial charge in [-0.2, -0.15) is 0 Å². The molecule has 0 fully saturated rings. The van der Waals surface area contributed by atoms with Crippen molar-refractivity contribution >= 4 is 33.7 Å². The number of benzene rings is 1. The lowest BCUT2D eigenvalue weighted by Crippen LogP contribution is -2.18. The highest BCUT2D eigenvalue weighted by Crippen LogP contribution is 2.11. The molecule has 0 amide bonds. The SMILES string of the molecule is CC(CCS(C)=O)Nc1ccc(C(N)=S)cc1. The van der Waals surface area contributed by atoms with E-state index < -0.39 is 10.8 Å². The van der Waals surface area contributed by atoms with Gasteiger partial charge in [-0.25, -0.2) is 0 Å². The number of nitrogens with two attached hydrogens (primary N) is 1. The first-order valence-corrected chi connectivity index (χ1v) is 7.59. The van der Waals surface area contributed by atoms with Crippen molar-refractivity contribution in [3.05, 3.63) is 29.8 Å². The summed E-state index contributed by atoms with van der Waals surface area (Å²) >= 11 is 4.89. The maximum atomic E-state index is 11.0. The number of hydrogen-bond donors (Lipinski definition) is 2. The average Bonchev–Trinajstić information content (AvgIpc) is 2.27. The lowest BCUT2D eigenvalue weighted by Gasteiger charge is -2.14. The van der Waals surface area contributed by atoms with Crippen molar-refractivity contribution in [1.29, 1.82) is 0 Å². The molecule has 0 aliphatic carbocycles. The average molecular weight is 270 g/mol. The third kappa shape index (κ3) is 5.28. The molecular formula is C12H18N2OS2. The zero-order chi connectivity index (χ0) is 12.8. The van der Waals surface area contributed by atoms with E-state index in [0.717, 1.165) is 23.4 Å². The third-order valence-corrected chi connectivity index (χ3v) is 3.47. The minimum Gasteiger partial charge on any atom is -0.389 e. The zero-order valence-corrected chi connectivity index (χ0v) is 11.7. The zero-order valence-electron chi connectivity index (χ0n) is 10.1. The van der Waals surface area contributed by atoms with E-state index in [-0.39, 0.29) is 0 Å². The van der Waals surface area contributed by atoms with E-state index in [1.54, 1.807) is 6.26 Å². The fourth-order valence-electron chi connectivity index (χ4n) is 1.43. The normalized spacial score (nSPS) is 14.0. The summed E-state index contributed by atoms with van der Waals surface area (Å²) in [7, 11) is -0.728. The Morgan fingerprint density at radius 3 is 2.53 bits per heavy atom. The third-order valence-electron chi connectivity index (χ3n) is 2.42. The van der Waals surface area contributed by atoms with Gasteiger partial charge in [0.25, 0.3) is 0 Å². The highest BCUT2D eigenvalue weighted by atomic mass is 32.2. The summed E-state index contributed by atoms with van der Waals surface area (Å²) < 4.78 is 11.0. The van der Waals surface area contributed by atoms with Crippen LogP contribution in [0.25, 0.3) is 0 Å². The van der Waals surface area contributed by atoms with Crippen LogP contribution >= 0.6 is 12.2 Å². The van der Waals surface area contributed by atoms with Gasteiger partial charge < -0.3 is 11.1 Å². The lowest BCUT2D eigenvalue weighted by molar-refractivity contribution is 0.678. The summed E-state index contributed by atoms with van der Waals surface area (Å²) in [6.07, 6.45) is 2.61. The Bertz CT molecular complexity index is 403. The van der Waals surface area contributed by atoms with E-state index in [9.17, 15) is 4.21 Å². The van der Waals surface area contributed by atoms with Crippen LogP contribution in [0, 0.1) is 0 Å². The van der Waals surface area contributed by atoms with Crippen LogP contribution in [0.3, 0.4) is 0 Å². The number of nitrogens with one attached hydrogen (secondary N) is 1. The molecule has 0 saturated heterocycles. The van der Waals surface area contributed by atoms with Gasteiger partial charge in [-0.1, -0.05) is 12.2 Å². The van der Waals surface area contributed by atoms with Crippen LogP contribution in [0.5, 0.6) is 0 Å². The molecule has 0 radical (unpaired) electrons. The Labute approximate surface area is 110 Å². The fraction of sp³-hybridized carbons (Fsp3) is 0.417. The number of thiocarbonyl (C=S) groups is 1.